The van der Waals surface area contributed by atoms with E-state index in [1.54, 1.807) is 10.7 Å². The van der Waals surface area contributed by atoms with Crippen LogP contribution in [-0.2, 0) is 6.54 Å². The van der Waals surface area contributed by atoms with Gasteiger partial charge in [0.15, 0.2) is 0 Å². The summed E-state index contributed by atoms with van der Waals surface area (Å²) in [5.74, 6) is 1.98. The van der Waals surface area contributed by atoms with Gasteiger partial charge in [0, 0.05) is 10.6 Å². The standard InChI is InChI=1S/C23H28ClFN4O/c1-13-21(14(2)29(28-13)12-18-3-4-19(25)8-20(18)24)26-22(30)27-23-9-15-5-16(10-23)7-17(6-15)11-23/h3-4,8,15-17H,5-7,9-12H2,1-2H3,(H2,26,27,30). The van der Waals surface area contributed by atoms with Gasteiger partial charge in [0.2, 0.25) is 0 Å². The Morgan fingerprint density at radius 1 is 1.20 bits per heavy atom. The first-order valence-electron chi connectivity index (χ1n) is 10.9. The van der Waals surface area contributed by atoms with Gasteiger partial charge in [-0.25, -0.2) is 9.18 Å². The number of urea groups is 1. The molecule has 2 aromatic rings. The van der Waals surface area contributed by atoms with Crippen LogP contribution in [0.15, 0.2) is 18.2 Å². The van der Waals surface area contributed by atoms with Gasteiger partial charge < -0.3 is 10.6 Å². The normalized spacial score (nSPS) is 29.3. The number of benzene rings is 1. The zero-order valence-electron chi connectivity index (χ0n) is 17.5. The van der Waals surface area contributed by atoms with Gasteiger partial charge in [-0.15, -0.1) is 0 Å². The van der Waals surface area contributed by atoms with Gasteiger partial charge in [0.25, 0.3) is 0 Å². The fourth-order valence-corrected chi connectivity index (χ4v) is 6.72. The first-order valence-corrected chi connectivity index (χ1v) is 11.2. The summed E-state index contributed by atoms with van der Waals surface area (Å²) >= 11 is 6.17. The molecule has 0 unspecified atom stereocenters. The molecule has 0 saturated heterocycles. The third-order valence-corrected chi connectivity index (χ3v) is 7.72. The van der Waals surface area contributed by atoms with Crippen molar-refractivity contribution < 1.29 is 9.18 Å². The molecule has 0 spiro atoms. The van der Waals surface area contributed by atoms with Crippen molar-refractivity contribution in [2.45, 2.75) is 64.5 Å². The van der Waals surface area contributed by atoms with Gasteiger partial charge in [0.1, 0.15) is 5.82 Å². The summed E-state index contributed by atoms with van der Waals surface area (Å²) in [6, 6.07) is 4.23. The molecule has 5 nitrogen and oxygen atoms in total. The van der Waals surface area contributed by atoms with E-state index in [9.17, 15) is 9.18 Å². The van der Waals surface area contributed by atoms with Crippen molar-refractivity contribution in [3.8, 4) is 0 Å². The lowest BCUT2D eigenvalue weighted by molar-refractivity contribution is -0.0127. The highest BCUT2D eigenvalue weighted by Crippen LogP contribution is 2.55. The number of amides is 2. The Bertz CT molecular complexity index is 966. The molecular formula is C23H28ClFN4O. The third-order valence-electron chi connectivity index (χ3n) is 7.37. The molecule has 160 valence electrons. The van der Waals surface area contributed by atoms with E-state index >= 15 is 0 Å². The van der Waals surface area contributed by atoms with Gasteiger partial charge in [0.05, 0.1) is 23.6 Å². The molecule has 7 heteroatoms. The van der Waals surface area contributed by atoms with E-state index in [0.717, 1.165) is 59.7 Å². The molecule has 4 bridgehead atoms. The predicted molar refractivity (Wildman–Crippen MR) is 115 cm³/mol. The molecule has 1 aromatic heterocycles. The first-order chi connectivity index (χ1) is 14.3. The van der Waals surface area contributed by atoms with Crippen LogP contribution in [0.5, 0.6) is 0 Å². The summed E-state index contributed by atoms with van der Waals surface area (Å²) in [6.07, 6.45) is 7.39. The van der Waals surface area contributed by atoms with Crippen LogP contribution in [0.4, 0.5) is 14.9 Å². The highest BCUT2D eigenvalue weighted by Gasteiger charge is 2.51. The smallest absolute Gasteiger partial charge is 0.319 e. The SMILES string of the molecule is Cc1nn(Cc2ccc(F)cc2Cl)c(C)c1NC(=O)NC12CC3CC(CC(C3)C1)C2. The maximum atomic E-state index is 13.3. The molecule has 4 fully saturated rings. The Balaban J connectivity index is 1.30. The molecule has 0 radical (unpaired) electrons. The van der Waals surface area contributed by atoms with E-state index in [-0.39, 0.29) is 17.4 Å². The lowest BCUT2D eigenvalue weighted by Crippen LogP contribution is -2.60. The number of anilines is 1. The van der Waals surface area contributed by atoms with Gasteiger partial charge in [-0.2, -0.15) is 5.10 Å². The topological polar surface area (TPSA) is 59.0 Å². The van der Waals surface area contributed by atoms with Crippen LogP contribution in [0.2, 0.25) is 5.02 Å². The largest absolute Gasteiger partial charge is 0.332 e. The monoisotopic (exact) mass is 430 g/mol. The number of nitrogens with zero attached hydrogens (tertiary/aromatic N) is 2. The Morgan fingerprint density at radius 2 is 1.83 bits per heavy atom. The average Bonchev–Trinajstić information content (AvgIpc) is 2.90. The second-order valence-corrected chi connectivity index (χ2v) is 10.1. The Labute approximate surface area is 181 Å². The van der Waals surface area contributed by atoms with Crippen molar-refractivity contribution >= 4 is 23.3 Å². The highest BCUT2D eigenvalue weighted by atomic mass is 35.5. The van der Waals surface area contributed by atoms with E-state index < -0.39 is 0 Å². The summed E-state index contributed by atoms with van der Waals surface area (Å²) in [7, 11) is 0. The number of hydrogen-bond donors (Lipinski definition) is 2. The van der Waals surface area contributed by atoms with Crippen molar-refractivity contribution in [1.82, 2.24) is 15.1 Å². The summed E-state index contributed by atoms with van der Waals surface area (Å²) in [4.78, 5) is 12.9. The zero-order valence-corrected chi connectivity index (χ0v) is 18.2. The van der Waals surface area contributed by atoms with Crippen LogP contribution >= 0.6 is 11.6 Å². The van der Waals surface area contributed by atoms with Crippen LogP contribution in [0, 0.1) is 37.4 Å². The zero-order chi connectivity index (χ0) is 21.0. The number of rotatable bonds is 4. The maximum Gasteiger partial charge on any atom is 0.319 e. The minimum atomic E-state index is -0.360. The lowest BCUT2D eigenvalue weighted by Gasteiger charge is -2.56. The minimum absolute atomic E-state index is 0.0295. The van der Waals surface area contributed by atoms with E-state index in [4.69, 9.17) is 11.6 Å². The molecule has 1 heterocycles. The number of nitrogens with one attached hydrogen (secondary N) is 2. The number of carbonyl (C=O) groups is 1. The number of carbonyl (C=O) groups excluding carboxylic acids is 1. The Morgan fingerprint density at radius 3 is 2.43 bits per heavy atom. The van der Waals surface area contributed by atoms with Crippen molar-refractivity contribution in [2.75, 3.05) is 5.32 Å². The molecule has 4 aliphatic carbocycles. The fourth-order valence-electron chi connectivity index (χ4n) is 6.49. The van der Waals surface area contributed by atoms with Gasteiger partial charge in [-0.3, -0.25) is 4.68 Å². The van der Waals surface area contributed by atoms with Crippen LogP contribution in [0.3, 0.4) is 0 Å². The van der Waals surface area contributed by atoms with Crippen LogP contribution in [0.1, 0.15) is 55.5 Å². The van der Waals surface area contributed by atoms with Crippen molar-refractivity contribution in [1.29, 1.82) is 0 Å². The summed E-state index contributed by atoms with van der Waals surface area (Å²) in [5, 5.41) is 11.4. The molecule has 1 aromatic carbocycles. The van der Waals surface area contributed by atoms with Gasteiger partial charge >= 0.3 is 6.03 Å². The molecule has 30 heavy (non-hydrogen) atoms. The van der Waals surface area contributed by atoms with Crippen molar-refractivity contribution in [2.24, 2.45) is 17.8 Å². The van der Waals surface area contributed by atoms with E-state index in [1.807, 2.05) is 13.8 Å². The molecule has 0 atom stereocenters. The van der Waals surface area contributed by atoms with E-state index in [0.29, 0.717) is 11.6 Å². The number of aryl methyl sites for hydroxylation is 1. The molecule has 2 N–H and O–H groups in total. The van der Waals surface area contributed by atoms with Crippen molar-refractivity contribution in [3.63, 3.8) is 0 Å². The molecule has 4 aliphatic rings. The van der Waals surface area contributed by atoms with E-state index in [2.05, 4.69) is 15.7 Å². The molecule has 6 rings (SSSR count). The Kier molecular flexibility index (Phi) is 4.80. The van der Waals surface area contributed by atoms with Crippen LogP contribution < -0.4 is 10.6 Å². The second-order valence-electron chi connectivity index (χ2n) is 9.72. The highest BCUT2D eigenvalue weighted by molar-refractivity contribution is 6.31. The quantitative estimate of drug-likeness (QED) is 0.679. The predicted octanol–water partition coefficient (Wildman–Crippen LogP) is 5.43. The fraction of sp³-hybridized carbons (Fsp3) is 0.565. The second kappa shape index (κ2) is 7.26. The maximum absolute atomic E-state index is 13.3. The average molecular weight is 431 g/mol. The number of hydrogen-bond acceptors (Lipinski definition) is 2. The minimum Gasteiger partial charge on any atom is -0.332 e. The molecule has 0 aliphatic heterocycles. The van der Waals surface area contributed by atoms with E-state index in [1.165, 1.54) is 31.4 Å². The Hall–Kier alpha value is -2.08. The lowest BCUT2D eigenvalue weighted by atomic mass is 9.53. The summed E-state index contributed by atoms with van der Waals surface area (Å²) in [5.41, 5.74) is 3.10. The first kappa shape index (κ1) is 19.9. The molecular weight excluding hydrogens is 403 g/mol. The van der Waals surface area contributed by atoms with Crippen molar-refractivity contribution in [3.05, 3.63) is 46.0 Å². The summed E-state index contributed by atoms with van der Waals surface area (Å²) in [6.45, 7) is 4.23. The van der Waals surface area contributed by atoms with Crippen LogP contribution in [0.25, 0.3) is 0 Å². The van der Waals surface area contributed by atoms with Gasteiger partial charge in [-0.05, 0) is 87.8 Å². The van der Waals surface area contributed by atoms with Gasteiger partial charge in [-0.1, -0.05) is 17.7 Å². The molecule has 4 saturated carbocycles. The molecule has 2 amide bonds. The number of halogens is 2. The summed E-state index contributed by atoms with van der Waals surface area (Å²) < 4.78 is 15.1. The third kappa shape index (κ3) is 3.59. The number of aromatic nitrogens is 2. The van der Waals surface area contributed by atoms with Crippen LogP contribution in [-0.4, -0.2) is 21.4 Å².